The fourth-order valence-electron chi connectivity index (χ4n) is 3.96. The van der Waals surface area contributed by atoms with Crippen LogP contribution in [0, 0.1) is 5.92 Å². The molecule has 5 rings (SSSR count). The van der Waals surface area contributed by atoms with Crippen LogP contribution in [-0.4, -0.2) is 40.7 Å². The standard InChI is InChI=1S/C22H21N7O3/c1-22(16-6-7-16,15-4-2-13(3-5-15)14-8-24-21(23)25-9-14)20-27-19(32-28-20)17-10-29(12-26-17)11-18(30)31/h2-5,8-10,12,16H,6-7,11H2,1H3,(H,30,31)(H2,23,24,25)/t22-/m0/s1. The van der Waals surface area contributed by atoms with Crippen LogP contribution in [0.25, 0.3) is 22.7 Å². The van der Waals surface area contributed by atoms with Crippen molar-refractivity contribution in [2.24, 2.45) is 5.92 Å². The van der Waals surface area contributed by atoms with Crippen molar-refractivity contribution in [3.05, 3.63) is 60.6 Å². The molecule has 1 aliphatic carbocycles. The average molecular weight is 431 g/mol. The zero-order valence-electron chi connectivity index (χ0n) is 17.3. The number of aromatic nitrogens is 6. The molecule has 10 nitrogen and oxygen atoms in total. The van der Waals surface area contributed by atoms with Gasteiger partial charge in [-0.2, -0.15) is 4.98 Å². The second kappa shape index (κ2) is 7.56. The predicted molar refractivity (Wildman–Crippen MR) is 114 cm³/mol. The number of benzene rings is 1. The smallest absolute Gasteiger partial charge is 0.323 e. The molecule has 3 heterocycles. The van der Waals surface area contributed by atoms with Crippen LogP contribution in [0.4, 0.5) is 5.95 Å². The quantitative estimate of drug-likeness (QED) is 0.451. The van der Waals surface area contributed by atoms with E-state index in [1.165, 1.54) is 10.9 Å². The molecule has 0 spiro atoms. The maximum Gasteiger partial charge on any atom is 0.323 e. The van der Waals surface area contributed by atoms with Crippen LogP contribution < -0.4 is 5.73 Å². The molecule has 1 atom stereocenters. The van der Waals surface area contributed by atoms with E-state index in [1.807, 2.05) is 12.1 Å². The zero-order chi connectivity index (χ0) is 22.3. The predicted octanol–water partition coefficient (Wildman–Crippen LogP) is 2.77. The Bertz CT molecular complexity index is 1260. The summed E-state index contributed by atoms with van der Waals surface area (Å²) in [6.45, 7) is 1.95. The molecule has 0 bridgehead atoms. The van der Waals surface area contributed by atoms with E-state index in [4.69, 9.17) is 15.4 Å². The highest BCUT2D eigenvalue weighted by molar-refractivity contribution is 5.66. The molecule has 1 aromatic carbocycles. The van der Waals surface area contributed by atoms with E-state index in [1.54, 1.807) is 18.6 Å². The molecule has 0 radical (unpaired) electrons. The third-order valence-electron chi connectivity index (χ3n) is 5.94. The van der Waals surface area contributed by atoms with Gasteiger partial charge >= 0.3 is 5.97 Å². The molecule has 0 amide bonds. The first kappa shape index (κ1) is 19.9. The number of nitrogen functional groups attached to an aromatic ring is 1. The van der Waals surface area contributed by atoms with E-state index < -0.39 is 11.4 Å². The molecular formula is C22H21N7O3. The van der Waals surface area contributed by atoms with Crippen molar-refractivity contribution in [3.8, 4) is 22.7 Å². The van der Waals surface area contributed by atoms with Crippen molar-refractivity contribution in [2.45, 2.75) is 31.7 Å². The minimum atomic E-state index is -0.949. The first-order valence-electron chi connectivity index (χ1n) is 10.2. The molecule has 10 heteroatoms. The number of carboxylic acid groups (broad SMARTS) is 1. The van der Waals surface area contributed by atoms with Crippen molar-refractivity contribution in [1.29, 1.82) is 0 Å². The number of aliphatic carboxylic acids is 1. The van der Waals surface area contributed by atoms with Crippen LogP contribution in [0.2, 0.25) is 0 Å². The number of nitrogens with zero attached hydrogens (tertiary/aromatic N) is 6. The molecule has 3 aromatic heterocycles. The monoisotopic (exact) mass is 431 g/mol. The Morgan fingerprint density at radius 2 is 1.91 bits per heavy atom. The van der Waals surface area contributed by atoms with E-state index in [0.29, 0.717) is 17.4 Å². The summed E-state index contributed by atoms with van der Waals surface area (Å²) in [6, 6.07) is 8.20. The average Bonchev–Trinajstić information content (AvgIpc) is 3.35. The zero-order valence-corrected chi connectivity index (χ0v) is 17.3. The van der Waals surface area contributed by atoms with Crippen molar-refractivity contribution >= 4 is 11.9 Å². The highest BCUT2D eigenvalue weighted by Gasteiger charge is 2.47. The molecule has 0 aliphatic heterocycles. The number of carbonyl (C=O) groups is 1. The van der Waals surface area contributed by atoms with E-state index in [-0.39, 0.29) is 18.4 Å². The van der Waals surface area contributed by atoms with Gasteiger partial charge in [0.25, 0.3) is 5.89 Å². The summed E-state index contributed by atoms with van der Waals surface area (Å²) >= 11 is 0. The minimum absolute atomic E-state index is 0.181. The lowest BCUT2D eigenvalue weighted by Crippen LogP contribution is -2.28. The fraction of sp³-hybridized carbons (Fsp3) is 0.273. The number of nitrogens with two attached hydrogens (primary N) is 1. The number of hydrogen-bond acceptors (Lipinski definition) is 8. The summed E-state index contributed by atoms with van der Waals surface area (Å²) < 4.78 is 6.97. The van der Waals surface area contributed by atoms with Gasteiger partial charge in [0.2, 0.25) is 5.95 Å². The Morgan fingerprint density at radius 1 is 1.19 bits per heavy atom. The summed E-state index contributed by atoms with van der Waals surface area (Å²) in [5, 5.41) is 13.2. The Morgan fingerprint density at radius 3 is 2.56 bits per heavy atom. The number of anilines is 1. The Balaban J connectivity index is 1.45. The summed E-state index contributed by atoms with van der Waals surface area (Å²) in [4.78, 5) is 27.9. The van der Waals surface area contributed by atoms with E-state index >= 15 is 0 Å². The number of hydrogen-bond donors (Lipinski definition) is 2. The molecule has 4 aromatic rings. The first-order chi connectivity index (χ1) is 15.4. The lowest BCUT2D eigenvalue weighted by atomic mass is 9.77. The van der Waals surface area contributed by atoms with Gasteiger partial charge in [-0.3, -0.25) is 4.79 Å². The van der Waals surface area contributed by atoms with Gasteiger partial charge in [-0.05, 0) is 36.8 Å². The third kappa shape index (κ3) is 3.59. The number of carboxylic acids is 1. The SMILES string of the molecule is C[C@@](c1ccc(-c2cnc(N)nc2)cc1)(c1noc(-c2cn(CC(=O)O)cn2)n1)C1CC1. The molecule has 3 N–H and O–H groups in total. The maximum atomic E-state index is 10.9. The van der Waals surface area contributed by atoms with Crippen LogP contribution in [0.5, 0.6) is 0 Å². The molecule has 32 heavy (non-hydrogen) atoms. The molecule has 0 saturated heterocycles. The summed E-state index contributed by atoms with van der Waals surface area (Å²) in [7, 11) is 0. The van der Waals surface area contributed by atoms with Gasteiger partial charge in [0.05, 0.1) is 11.7 Å². The lowest BCUT2D eigenvalue weighted by molar-refractivity contribution is -0.137. The minimum Gasteiger partial charge on any atom is -0.480 e. The van der Waals surface area contributed by atoms with Gasteiger partial charge in [0.15, 0.2) is 5.82 Å². The molecule has 162 valence electrons. The lowest BCUT2D eigenvalue weighted by Gasteiger charge is -2.27. The second-order valence-corrected chi connectivity index (χ2v) is 8.13. The van der Waals surface area contributed by atoms with E-state index in [9.17, 15) is 4.79 Å². The molecule has 0 unspecified atom stereocenters. The fourth-order valence-corrected chi connectivity index (χ4v) is 3.96. The van der Waals surface area contributed by atoms with Crippen LogP contribution >= 0.6 is 0 Å². The normalized spacial score (nSPS) is 15.4. The molecular weight excluding hydrogens is 410 g/mol. The van der Waals surface area contributed by atoms with E-state index in [0.717, 1.165) is 29.5 Å². The number of rotatable bonds is 7. The highest BCUT2D eigenvalue weighted by Crippen LogP contribution is 2.50. The van der Waals surface area contributed by atoms with Crippen LogP contribution in [-0.2, 0) is 16.8 Å². The van der Waals surface area contributed by atoms with Crippen LogP contribution in [0.15, 0.2) is 53.7 Å². The van der Waals surface area contributed by atoms with Crippen molar-refractivity contribution < 1.29 is 14.4 Å². The third-order valence-corrected chi connectivity index (χ3v) is 5.94. The van der Waals surface area contributed by atoms with Crippen molar-refractivity contribution in [1.82, 2.24) is 29.7 Å². The van der Waals surface area contributed by atoms with Gasteiger partial charge in [0.1, 0.15) is 12.2 Å². The Kier molecular flexibility index (Phi) is 4.69. The van der Waals surface area contributed by atoms with Crippen molar-refractivity contribution in [2.75, 3.05) is 5.73 Å². The van der Waals surface area contributed by atoms with Gasteiger partial charge < -0.3 is 19.9 Å². The van der Waals surface area contributed by atoms with E-state index in [2.05, 4.69) is 44.1 Å². The Hall–Kier alpha value is -4.08. The van der Waals surface area contributed by atoms with Crippen LogP contribution in [0.3, 0.4) is 0 Å². The Labute approximate surface area is 183 Å². The van der Waals surface area contributed by atoms with Gasteiger partial charge in [-0.1, -0.05) is 29.4 Å². The first-order valence-corrected chi connectivity index (χ1v) is 10.2. The maximum absolute atomic E-state index is 10.9. The number of imidazole rings is 1. The topological polar surface area (TPSA) is 146 Å². The largest absolute Gasteiger partial charge is 0.480 e. The van der Waals surface area contributed by atoms with Gasteiger partial charge in [-0.15, -0.1) is 0 Å². The molecule has 1 aliphatic rings. The molecule has 1 saturated carbocycles. The highest BCUT2D eigenvalue weighted by atomic mass is 16.5. The summed E-state index contributed by atoms with van der Waals surface area (Å²) in [5.41, 5.74) is 8.58. The molecule has 1 fully saturated rings. The van der Waals surface area contributed by atoms with Crippen LogP contribution in [0.1, 0.15) is 31.2 Å². The summed E-state index contributed by atoms with van der Waals surface area (Å²) in [6.07, 6.45) is 8.59. The van der Waals surface area contributed by atoms with Gasteiger partial charge in [0, 0.05) is 24.2 Å². The summed E-state index contributed by atoms with van der Waals surface area (Å²) in [5.74, 6) is 0.559. The van der Waals surface area contributed by atoms with Gasteiger partial charge in [-0.25, -0.2) is 15.0 Å². The second-order valence-electron chi connectivity index (χ2n) is 8.13. The van der Waals surface area contributed by atoms with Crippen molar-refractivity contribution in [3.63, 3.8) is 0 Å².